The maximum atomic E-state index is 12.7. The fourth-order valence-corrected chi connectivity index (χ4v) is 5.18. The molecule has 3 rings (SSSR count). The molecule has 0 bridgehead atoms. The zero-order valence-electron chi connectivity index (χ0n) is 13.7. The van der Waals surface area contributed by atoms with Crippen molar-refractivity contribution >= 4 is 16.0 Å². The lowest BCUT2D eigenvalue weighted by Crippen LogP contribution is -2.41. The molecule has 0 aliphatic carbocycles. The minimum absolute atomic E-state index is 0.0603. The third kappa shape index (κ3) is 3.48. The van der Waals surface area contributed by atoms with Crippen LogP contribution in [0.15, 0.2) is 29.2 Å². The van der Waals surface area contributed by atoms with E-state index < -0.39 is 22.1 Å². The summed E-state index contributed by atoms with van der Waals surface area (Å²) in [4.78, 5) is 11.3. The van der Waals surface area contributed by atoms with Crippen LogP contribution < -0.4 is 0 Å². The van der Waals surface area contributed by atoms with Crippen LogP contribution in [0.2, 0.25) is 0 Å². The average molecular weight is 353 g/mol. The summed E-state index contributed by atoms with van der Waals surface area (Å²) in [6.45, 7) is 2.79. The van der Waals surface area contributed by atoms with E-state index in [-0.39, 0.29) is 12.0 Å². The molecule has 1 aromatic carbocycles. The van der Waals surface area contributed by atoms with E-state index in [0.29, 0.717) is 37.2 Å². The van der Waals surface area contributed by atoms with Crippen LogP contribution in [0.4, 0.5) is 0 Å². The minimum atomic E-state index is -3.46. The highest BCUT2D eigenvalue weighted by Crippen LogP contribution is 2.33. The van der Waals surface area contributed by atoms with Gasteiger partial charge in [0, 0.05) is 13.1 Å². The van der Waals surface area contributed by atoms with Gasteiger partial charge in [-0.3, -0.25) is 0 Å². The Morgan fingerprint density at radius 3 is 2.50 bits per heavy atom. The lowest BCUT2D eigenvalue weighted by Gasteiger charge is -2.33. The van der Waals surface area contributed by atoms with Gasteiger partial charge in [0.05, 0.1) is 11.0 Å². The number of carboxylic acid groups (broad SMARTS) is 1. The van der Waals surface area contributed by atoms with Crippen molar-refractivity contribution in [3.8, 4) is 0 Å². The number of aryl methyl sites for hydroxylation is 1. The van der Waals surface area contributed by atoms with Crippen molar-refractivity contribution in [2.45, 2.75) is 49.7 Å². The number of sulfonamides is 1. The number of ether oxygens (including phenoxy) is 1. The molecule has 6 nitrogen and oxygen atoms in total. The van der Waals surface area contributed by atoms with E-state index in [1.54, 1.807) is 18.2 Å². The van der Waals surface area contributed by atoms with Gasteiger partial charge >= 0.3 is 5.97 Å². The van der Waals surface area contributed by atoms with Crippen molar-refractivity contribution in [3.05, 3.63) is 29.8 Å². The van der Waals surface area contributed by atoms with Crippen molar-refractivity contribution in [1.29, 1.82) is 0 Å². The Labute approximate surface area is 142 Å². The Hall–Kier alpha value is -1.44. The summed E-state index contributed by atoms with van der Waals surface area (Å²) in [6.07, 6.45) is 1.94. The van der Waals surface area contributed by atoms with Gasteiger partial charge in [-0.25, -0.2) is 13.2 Å². The number of piperidine rings is 1. The van der Waals surface area contributed by atoms with Gasteiger partial charge in [-0.05, 0) is 56.2 Å². The molecule has 1 aromatic rings. The normalized spacial score (nSPS) is 26.5. The highest BCUT2D eigenvalue weighted by Gasteiger charge is 2.38. The van der Waals surface area contributed by atoms with Crippen molar-refractivity contribution in [3.63, 3.8) is 0 Å². The zero-order chi connectivity index (χ0) is 17.3. The lowest BCUT2D eigenvalue weighted by molar-refractivity contribution is -0.150. The number of rotatable bonds is 4. The minimum Gasteiger partial charge on any atom is -0.479 e. The molecule has 0 saturated carbocycles. The van der Waals surface area contributed by atoms with Crippen molar-refractivity contribution in [2.24, 2.45) is 5.92 Å². The second-order valence-electron chi connectivity index (χ2n) is 6.64. The summed E-state index contributed by atoms with van der Waals surface area (Å²) in [5.74, 6) is -0.671. The van der Waals surface area contributed by atoms with Crippen LogP contribution in [0.25, 0.3) is 0 Å². The van der Waals surface area contributed by atoms with E-state index in [0.717, 1.165) is 12.0 Å². The first-order chi connectivity index (χ1) is 11.4. The van der Waals surface area contributed by atoms with Gasteiger partial charge in [-0.2, -0.15) is 4.31 Å². The summed E-state index contributed by atoms with van der Waals surface area (Å²) in [7, 11) is -3.46. The summed E-state index contributed by atoms with van der Waals surface area (Å²) in [5.41, 5.74) is 0.921. The lowest BCUT2D eigenvalue weighted by atomic mass is 9.90. The van der Waals surface area contributed by atoms with E-state index in [2.05, 4.69) is 0 Å². The number of hydrogen-bond acceptors (Lipinski definition) is 4. The Balaban J connectivity index is 1.62. The Morgan fingerprint density at radius 2 is 1.92 bits per heavy atom. The Kier molecular flexibility index (Phi) is 4.94. The number of nitrogens with zero attached hydrogens (tertiary/aromatic N) is 1. The number of hydrogen-bond donors (Lipinski definition) is 1. The van der Waals surface area contributed by atoms with Gasteiger partial charge < -0.3 is 9.84 Å². The fourth-order valence-electron chi connectivity index (χ4n) is 3.60. The molecule has 2 atom stereocenters. The molecule has 7 heteroatoms. The molecule has 0 radical (unpaired) electrons. The predicted octanol–water partition coefficient (Wildman–Crippen LogP) is 2.03. The largest absolute Gasteiger partial charge is 0.479 e. The molecule has 1 N–H and O–H groups in total. The van der Waals surface area contributed by atoms with Gasteiger partial charge in [-0.1, -0.05) is 12.1 Å². The quantitative estimate of drug-likeness (QED) is 0.895. The molecule has 2 saturated heterocycles. The molecule has 0 aromatic heterocycles. The molecule has 0 spiro atoms. The molecule has 2 fully saturated rings. The maximum absolute atomic E-state index is 12.7. The summed E-state index contributed by atoms with van der Waals surface area (Å²) < 4.78 is 32.6. The van der Waals surface area contributed by atoms with Crippen LogP contribution >= 0.6 is 0 Å². The van der Waals surface area contributed by atoms with E-state index in [1.807, 2.05) is 13.0 Å². The standard InChI is InChI=1S/C17H23NO5S/c1-12-3-2-4-14(11-12)24(21,22)18-9-7-13(8-10-18)15-5-6-16(23-15)17(19)20/h2-4,11,13,15-16H,5-10H2,1H3,(H,19,20)/t15-,16+/m0/s1. The molecule has 24 heavy (non-hydrogen) atoms. The number of carboxylic acids is 1. The second kappa shape index (κ2) is 6.82. The highest BCUT2D eigenvalue weighted by atomic mass is 32.2. The van der Waals surface area contributed by atoms with Crippen molar-refractivity contribution in [1.82, 2.24) is 4.31 Å². The number of aliphatic carboxylic acids is 1. The van der Waals surface area contributed by atoms with Gasteiger partial charge in [0.15, 0.2) is 6.10 Å². The first-order valence-electron chi connectivity index (χ1n) is 8.33. The smallest absolute Gasteiger partial charge is 0.332 e. The summed E-state index contributed by atoms with van der Waals surface area (Å²) in [6, 6.07) is 6.96. The summed E-state index contributed by atoms with van der Waals surface area (Å²) in [5, 5.41) is 9.01. The molecule has 2 aliphatic rings. The molecule has 2 heterocycles. The maximum Gasteiger partial charge on any atom is 0.332 e. The third-order valence-corrected chi connectivity index (χ3v) is 6.87. The van der Waals surface area contributed by atoms with Gasteiger partial charge in [-0.15, -0.1) is 0 Å². The fraction of sp³-hybridized carbons (Fsp3) is 0.588. The molecule has 132 valence electrons. The zero-order valence-corrected chi connectivity index (χ0v) is 14.5. The van der Waals surface area contributed by atoms with E-state index >= 15 is 0 Å². The van der Waals surface area contributed by atoms with Crippen LogP contribution in [0, 0.1) is 12.8 Å². The Morgan fingerprint density at radius 1 is 1.21 bits per heavy atom. The van der Waals surface area contributed by atoms with Gasteiger partial charge in [0.2, 0.25) is 10.0 Å². The van der Waals surface area contributed by atoms with E-state index in [1.165, 1.54) is 4.31 Å². The van der Waals surface area contributed by atoms with Crippen LogP contribution in [-0.4, -0.2) is 49.1 Å². The molecular weight excluding hydrogens is 330 g/mol. The highest BCUT2D eigenvalue weighted by molar-refractivity contribution is 7.89. The number of benzene rings is 1. The van der Waals surface area contributed by atoms with Crippen molar-refractivity contribution < 1.29 is 23.1 Å². The van der Waals surface area contributed by atoms with Crippen LogP contribution in [0.3, 0.4) is 0 Å². The first kappa shape index (κ1) is 17.4. The number of carbonyl (C=O) groups is 1. The third-order valence-electron chi connectivity index (χ3n) is 4.98. The average Bonchev–Trinajstić information content (AvgIpc) is 3.05. The topological polar surface area (TPSA) is 83.9 Å². The molecule has 0 unspecified atom stereocenters. The second-order valence-corrected chi connectivity index (χ2v) is 8.57. The van der Waals surface area contributed by atoms with E-state index in [4.69, 9.17) is 9.84 Å². The molecular formula is C17H23NO5S. The van der Waals surface area contributed by atoms with Crippen LogP contribution in [0.1, 0.15) is 31.2 Å². The van der Waals surface area contributed by atoms with E-state index in [9.17, 15) is 13.2 Å². The molecule has 0 amide bonds. The monoisotopic (exact) mass is 353 g/mol. The van der Waals surface area contributed by atoms with Gasteiger partial charge in [0.25, 0.3) is 0 Å². The first-order valence-corrected chi connectivity index (χ1v) is 9.77. The van der Waals surface area contributed by atoms with Gasteiger partial charge in [0.1, 0.15) is 0 Å². The summed E-state index contributed by atoms with van der Waals surface area (Å²) >= 11 is 0. The van der Waals surface area contributed by atoms with Crippen molar-refractivity contribution in [2.75, 3.05) is 13.1 Å². The van der Waals surface area contributed by atoms with Crippen LogP contribution in [-0.2, 0) is 19.6 Å². The van der Waals surface area contributed by atoms with Crippen LogP contribution in [0.5, 0.6) is 0 Å². The molecule has 2 aliphatic heterocycles. The Bertz CT molecular complexity index is 709. The SMILES string of the molecule is Cc1cccc(S(=O)(=O)N2CCC([C@@H]3CC[C@H](C(=O)O)O3)CC2)c1. The predicted molar refractivity (Wildman–Crippen MR) is 88.2 cm³/mol.